The maximum Gasteiger partial charge on any atom is 0.293 e. The summed E-state index contributed by atoms with van der Waals surface area (Å²) in [6.07, 6.45) is 4.41. The summed E-state index contributed by atoms with van der Waals surface area (Å²) >= 11 is 0. The van der Waals surface area contributed by atoms with Gasteiger partial charge in [-0.15, -0.1) is 0 Å². The predicted octanol–water partition coefficient (Wildman–Crippen LogP) is 4.02. The van der Waals surface area contributed by atoms with E-state index in [-0.39, 0.29) is 17.2 Å². The third-order valence-corrected chi connectivity index (χ3v) is 4.97. The number of hydrogen-bond acceptors (Lipinski definition) is 5. The van der Waals surface area contributed by atoms with Crippen LogP contribution in [0, 0.1) is 10.1 Å². The Labute approximate surface area is 157 Å². The van der Waals surface area contributed by atoms with E-state index in [9.17, 15) is 14.9 Å². The number of hydrogen-bond donors (Lipinski definition) is 2. The number of nitrogens with zero attached hydrogens (tertiary/aromatic N) is 2. The lowest BCUT2D eigenvalue weighted by atomic mass is 10.1. The van der Waals surface area contributed by atoms with Crippen LogP contribution in [-0.2, 0) is 0 Å². The third kappa shape index (κ3) is 4.02. The van der Waals surface area contributed by atoms with E-state index in [1.165, 1.54) is 18.9 Å². The highest BCUT2D eigenvalue weighted by Gasteiger charge is 2.25. The number of nitro groups is 1. The van der Waals surface area contributed by atoms with Crippen LogP contribution in [0.5, 0.6) is 0 Å². The van der Waals surface area contributed by atoms with Gasteiger partial charge in [-0.2, -0.15) is 0 Å². The molecule has 0 radical (unpaired) electrons. The molecular weight excluding hydrogens is 344 g/mol. The van der Waals surface area contributed by atoms with E-state index in [2.05, 4.69) is 15.5 Å². The first-order chi connectivity index (χ1) is 13.1. The predicted molar refractivity (Wildman–Crippen MR) is 106 cm³/mol. The Morgan fingerprint density at radius 3 is 2.59 bits per heavy atom. The fourth-order valence-electron chi connectivity index (χ4n) is 3.35. The van der Waals surface area contributed by atoms with Gasteiger partial charge in [-0.1, -0.05) is 6.07 Å². The molecule has 0 atom stereocenters. The Bertz CT molecular complexity index is 873. The number of anilines is 3. The van der Waals surface area contributed by atoms with Gasteiger partial charge in [-0.05, 0) is 56.0 Å². The molecule has 1 saturated carbocycles. The van der Waals surface area contributed by atoms with Gasteiger partial charge in [-0.25, -0.2) is 0 Å². The second-order valence-electron chi connectivity index (χ2n) is 7.11. The monoisotopic (exact) mass is 366 g/mol. The highest BCUT2D eigenvalue weighted by molar-refractivity contribution is 6.05. The average Bonchev–Trinajstić information content (AvgIpc) is 3.31. The van der Waals surface area contributed by atoms with Crippen LogP contribution in [0.3, 0.4) is 0 Å². The first kappa shape index (κ1) is 17.3. The molecule has 1 aliphatic carbocycles. The molecule has 2 aromatic rings. The zero-order valence-electron chi connectivity index (χ0n) is 15.0. The third-order valence-electron chi connectivity index (χ3n) is 4.97. The van der Waals surface area contributed by atoms with E-state index in [4.69, 9.17) is 0 Å². The van der Waals surface area contributed by atoms with Crippen LogP contribution >= 0.6 is 0 Å². The number of carbonyl (C=O) groups excluding carboxylic acids is 1. The second-order valence-corrected chi connectivity index (χ2v) is 7.11. The van der Waals surface area contributed by atoms with Gasteiger partial charge < -0.3 is 15.5 Å². The molecule has 0 aromatic heterocycles. The van der Waals surface area contributed by atoms with Crippen LogP contribution in [0.15, 0.2) is 42.5 Å². The maximum absolute atomic E-state index is 12.6. The minimum Gasteiger partial charge on any atom is -0.377 e. The van der Waals surface area contributed by atoms with E-state index in [0.29, 0.717) is 17.4 Å². The van der Waals surface area contributed by atoms with Crippen LogP contribution in [0.2, 0.25) is 0 Å². The smallest absolute Gasteiger partial charge is 0.293 e. The molecule has 0 bridgehead atoms. The lowest BCUT2D eigenvalue weighted by Crippen LogP contribution is -2.18. The molecule has 27 heavy (non-hydrogen) atoms. The van der Waals surface area contributed by atoms with Gasteiger partial charge in [0.1, 0.15) is 5.69 Å². The Morgan fingerprint density at radius 2 is 1.89 bits per heavy atom. The van der Waals surface area contributed by atoms with Crippen LogP contribution < -0.4 is 15.5 Å². The fraction of sp³-hybridized carbons (Fsp3) is 0.350. The number of nitrogens with one attached hydrogen (secondary N) is 2. The Hall–Kier alpha value is -3.09. The standard InChI is InChI=1S/C20H22N4O3/c25-20(22-16-4-3-5-17(13-16)23-10-1-2-11-23)14-6-9-18(21-15-7-8-15)19(12-14)24(26)27/h3-6,9,12-13,15,21H,1-2,7-8,10-11H2,(H,22,25). The van der Waals surface area contributed by atoms with Crippen molar-refractivity contribution in [1.82, 2.24) is 0 Å². The minimum absolute atomic E-state index is 0.0691. The minimum atomic E-state index is -0.449. The lowest BCUT2D eigenvalue weighted by molar-refractivity contribution is -0.384. The van der Waals surface area contributed by atoms with Crippen molar-refractivity contribution in [1.29, 1.82) is 0 Å². The van der Waals surface area contributed by atoms with Crippen molar-refractivity contribution < 1.29 is 9.72 Å². The van der Waals surface area contributed by atoms with Gasteiger partial charge in [0.2, 0.25) is 0 Å². The molecule has 2 fully saturated rings. The summed E-state index contributed by atoms with van der Waals surface area (Å²) in [6, 6.07) is 12.6. The van der Waals surface area contributed by atoms with Gasteiger partial charge in [0.05, 0.1) is 4.92 Å². The number of rotatable bonds is 6. The number of nitro benzene ring substituents is 1. The van der Waals surface area contributed by atoms with E-state index in [0.717, 1.165) is 31.6 Å². The van der Waals surface area contributed by atoms with Crippen molar-refractivity contribution in [2.45, 2.75) is 31.7 Å². The fourth-order valence-corrected chi connectivity index (χ4v) is 3.35. The van der Waals surface area contributed by atoms with E-state index in [1.807, 2.05) is 24.3 Å². The van der Waals surface area contributed by atoms with Gasteiger partial charge >= 0.3 is 0 Å². The van der Waals surface area contributed by atoms with E-state index < -0.39 is 4.92 Å². The Kier molecular flexibility index (Phi) is 4.66. The van der Waals surface area contributed by atoms with Gasteiger partial charge in [0.15, 0.2) is 0 Å². The molecule has 0 unspecified atom stereocenters. The molecule has 1 aliphatic heterocycles. The van der Waals surface area contributed by atoms with Crippen molar-refractivity contribution in [3.05, 3.63) is 58.1 Å². The van der Waals surface area contributed by atoms with Crippen molar-refractivity contribution in [2.24, 2.45) is 0 Å². The summed E-state index contributed by atoms with van der Waals surface area (Å²) in [7, 11) is 0. The van der Waals surface area contributed by atoms with Gasteiger partial charge in [0.25, 0.3) is 11.6 Å². The second kappa shape index (κ2) is 7.26. The van der Waals surface area contributed by atoms with Gasteiger partial charge in [0, 0.05) is 42.1 Å². The summed E-state index contributed by atoms with van der Waals surface area (Å²) in [5.74, 6) is -0.352. The SMILES string of the molecule is O=C(Nc1cccc(N2CCCC2)c1)c1ccc(NC2CC2)c([N+](=O)[O-])c1. The summed E-state index contributed by atoms with van der Waals surface area (Å²) in [5, 5.41) is 17.4. The van der Waals surface area contributed by atoms with Crippen LogP contribution in [0.1, 0.15) is 36.0 Å². The molecule has 2 aliphatic rings. The van der Waals surface area contributed by atoms with Gasteiger partial charge in [-0.3, -0.25) is 14.9 Å². The molecular formula is C20H22N4O3. The van der Waals surface area contributed by atoms with Crippen molar-refractivity contribution in [3.8, 4) is 0 Å². The summed E-state index contributed by atoms with van der Waals surface area (Å²) in [5.41, 5.74) is 2.44. The number of benzene rings is 2. The molecule has 1 saturated heterocycles. The van der Waals surface area contributed by atoms with Crippen molar-refractivity contribution >= 4 is 28.7 Å². The van der Waals surface area contributed by atoms with Crippen molar-refractivity contribution in [2.75, 3.05) is 28.6 Å². The van der Waals surface area contributed by atoms with E-state index >= 15 is 0 Å². The number of amides is 1. The average molecular weight is 366 g/mol. The van der Waals surface area contributed by atoms with E-state index in [1.54, 1.807) is 12.1 Å². The zero-order valence-corrected chi connectivity index (χ0v) is 15.0. The molecule has 7 heteroatoms. The quantitative estimate of drug-likeness (QED) is 0.595. The number of carbonyl (C=O) groups is 1. The topological polar surface area (TPSA) is 87.5 Å². The maximum atomic E-state index is 12.6. The summed E-state index contributed by atoms with van der Waals surface area (Å²) in [4.78, 5) is 25.8. The molecule has 140 valence electrons. The zero-order chi connectivity index (χ0) is 18.8. The summed E-state index contributed by atoms with van der Waals surface area (Å²) in [6.45, 7) is 2.05. The summed E-state index contributed by atoms with van der Waals surface area (Å²) < 4.78 is 0. The largest absolute Gasteiger partial charge is 0.377 e. The highest BCUT2D eigenvalue weighted by atomic mass is 16.6. The normalized spacial score (nSPS) is 16.2. The molecule has 2 N–H and O–H groups in total. The van der Waals surface area contributed by atoms with Crippen LogP contribution in [0.4, 0.5) is 22.7 Å². The van der Waals surface area contributed by atoms with Crippen LogP contribution in [0.25, 0.3) is 0 Å². The Balaban J connectivity index is 1.51. The first-order valence-electron chi connectivity index (χ1n) is 9.31. The first-order valence-corrected chi connectivity index (χ1v) is 9.31. The lowest BCUT2D eigenvalue weighted by Gasteiger charge is -2.18. The molecule has 2 aromatic carbocycles. The van der Waals surface area contributed by atoms with Crippen molar-refractivity contribution in [3.63, 3.8) is 0 Å². The molecule has 1 heterocycles. The molecule has 1 amide bonds. The van der Waals surface area contributed by atoms with Crippen LogP contribution in [-0.4, -0.2) is 30.0 Å². The molecule has 7 nitrogen and oxygen atoms in total. The molecule has 0 spiro atoms. The highest BCUT2D eigenvalue weighted by Crippen LogP contribution is 2.32. The molecule has 4 rings (SSSR count). The Morgan fingerprint density at radius 1 is 1.11 bits per heavy atom.